The van der Waals surface area contributed by atoms with Gasteiger partial charge in [-0.25, -0.2) is 0 Å². The van der Waals surface area contributed by atoms with Crippen LogP contribution in [0.3, 0.4) is 0 Å². The molecule has 5 heteroatoms. The predicted molar refractivity (Wildman–Crippen MR) is 63.1 cm³/mol. The van der Waals surface area contributed by atoms with Gasteiger partial charge in [0.15, 0.2) is 5.75 Å². The molecule has 0 spiro atoms. The molecular weight excluding hydrogens is 222 g/mol. The first kappa shape index (κ1) is 11.4. The fraction of sp³-hybridized carbons (Fsp3) is 0.333. The SMILES string of the molecule is CCCCc1oc2ccc([N+](=O)[O-])cc2c1O. The van der Waals surface area contributed by atoms with Crippen LogP contribution in [0.1, 0.15) is 25.5 Å². The summed E-state index contributed by atoms with van der Waals surface area (Å²) >= 11 is 0. The van der Waals surface area contributed by atoms with Crippen molar-refractivity contribution in [2.75, 3.05) is 0 Å². The minimum absolute atomic E-state index is 0.0251. The maximum absolute atomic E-state index is 10.6. The Kier molecular flexibility index (Phi) is 2.99. The second-order valence-corrected chi connectivity index (χ2v) is 3.91. The lowest BCUT2D eigenvalue weighted by atomic mass is 10.1. The zero-order valence-electron chi connectivity index (χ0n) is 9.47. The van der Waals surface area contributed by atoms with Crippen LogP contribution in [0, 0.1) is 10.1 Å². The van der Waals surface area contributed by atoms with E-state index in [4.69, 9.17) is 4.42 Å². The molecule has 0 fully saturated rings. The van der Waals surface area contributed by atoms with Gasteiger partial charge in [0.1, 0.15) is 11.3 Å². The molecule has 0 saturated carbocycles. The molecule has 0 aliphatic heterocycles. The van der Waals surface area contributed by atoms with E-state index in [0.29, 0.717) is 23.2 Å². The highest BCUT2D eigenvalue weighted by molar-refractivity contribution is 5.87. The number of hydrogen-bond acceptors (Lipinski definition) is 4. The van der Waals surface area contributed by atoms with E-state index in [1.165, 1.54) is 18.2 Å². The molecule has 0 aliphatic carbocycles. The molecule has 17 heavy (non-hydrogen) atoms. The van der Waals surface area contributed by atoms with Crippen molar-refractivity contribution in [3.8, 4) is 5.75 Å². The Morgan fingerprint density at radius 1 is 1.47 bits per heavy atom. The number of nitro groups is 1. The Morgan fingerprint density at radius 2 is 2.24 bits per heavy atom. The Labute approximate surface area is 97.8 Å². The van der Waals surface area contributed by atoms with Crippen LogP contribution in [0.25, 0.3) is 11.0 Å². The number of nitro benzene ring substituents is 1. The smallest absolute Gasteiger partial charge is 0.270 e. The van der Waals surface area contributed by atoms with Crippen LogP contribution in [0.5, 0.6) is 5.75 Å². The number of aromatic hydroxyl groups is 1. The van der Waals surface area contributed by atoms with Crippen molar-refractivity contribution >= 4 is 16.7 Å². The van der Waals surface area contributed by atoms with Gasteiger partial charge in [-0.1, -0.05) is 13.3 Å². The summed E-state index contributed by atoms with van der Waals surface area (Å²) in [6.07, 6.45) is 2.55. The standard InChI is InChI=1S/C12H13NO4/c1-2-3-4-11-12(14)9-7-8(13(15)16)5-6-10(9)17-11/h5-7,14H,2-4H2,1H3. The van der Waals surface area contributed by atoms with Crippen molar-refractivity contribution < 1.29 is 14.4 Å². The Morgan fingerprint density at radius 3 is 2.88 bits per heavy atom. The monoisotopic (exact) mass is 235 g/mol. The highest BCUT2D eigenvalue weighted by atomic mass is 16.6. The number of nitrogens with zero attached hydrogens (tertiary/aromatic N) is 1. The first-order valence-electron chi connectivity index (χ1n) is 5.52. The lowest BCUT2D eigenvalue weighted by Crippen LogP contribution is -1.86. The summed E-state index contributed by atoms with van der Waals surface area (Å²) in [7, 11) is 0. The van der Waals surface area contributed by atoms with E-state index in [9.17, 15) is 15.2 Å². The molecule has 2 rings (SSSR count). The molecule has 0 bridgehead atoms. The number of furan rings is 1. The van der Waals surface area contributed by atoms with E-state index in [1.807, 2.05) is 6.92 Å². The molecule has 1 N–H and O–H groups in total. The molecule has 2 aromatic rings. The van der Waals surface area contributed by atoms with Gasteiger partial charge in [0, 0.05) is 18.6 Å². The largest absolute Gasteiger partial charge is 0.504 e. The Balaban J connectivity index is 2.47. The van der Waals surface area contributed by atoms with E-state index in [2.05, 4.69) is 0 Å². The normalized spacial score (nSPS) is 10.9. The van der Waals surface area contributed by atoms with Crippen LogP contribution >= 0.6 is 0 Å². The number of fused-ring (bicyclic) bond motifs is 1. The second kappa shape index (κ2) is 4.45. The summed E-state index contributed by atoms with van der Waals surface area (Å²) in [5, 5.41) is 20.9. The van der Waals surface area contributed by atoms with Gasteiger partial charge in [0.2, 0.25) is 0 Å². The van der Waals surface area contributed by atoms with Gasteiger partial charge in [-0.15, -0.1) is 0 Å². The molecule has 0 atom stereocenters. The lowest BCUT2D eigenvalue weighted by molar-refractivity contribution is -0.384. The van der Waals surface area contributed by atoms with Crippen molar-refractivity contribution in [1.29, 1.82) is 0 Å². The molecule has 0 amide bonds. The van der Waals surface area contributed by atoms with Crippen LogP contribution in [0.4, 0.5) is 5.69 Å². The summed E-state index contributed by atoms with van der Waals surface area (Å²) in [4.78, 5) is 10.1. The van der Waals surface area contributed by atoms with Crippen molar-refractivity contribution in [2.45, 2.75) is 26.2 Å². The summed E-state index contributed by atoms with van der Waals surface area (Å²) in [6.45, 7) is 2.05. The minimum atomic E-state index is -0.488. The third kappa shape index (κ3) is 2.08. The Hall–Kier alpha value is -2.04. The topological polar surface area (TPSA) is 76.5 Å². The van der Waals surface area contributed by atoms with Crippen molar-refractivity contribution in [1.82, 2.24) is 0 Å². The van der Waals surface area contributed by atoms with Crippen molar-refractivity contribution in [3.63, 3.8) is 0 Å². The molecule has 0 unspecified atom stereocenters. The van der Waals surface area contributed by atoms with Crippen LogP contribution in [-0.2, 0) is 6.42 Å². The molecule has 0 radical (unpaired) electrons. The highest BCUT2D eigenvalue weighted by Crippen LogP contribution is 2.35. The van der Waals surface area contributed by atoms with Gasteiger partial charge in [-0.05, 0) is 12.5 Å². The molecular formula is C12H13NO4. The molecule has 1 heterocycles. The second-order valence-electron chi connectivity index (χ2n) is 3.91. The Bertz CT molecular complexity index is 559. The van der Waals surface area contributed by atoms with Gasteiger partial charge in [0.25, 0.3) is 5.69 Å². The average molecular weight is 235 g/mol. The van der Waals surface area contributed by atoms with E-state index < -0.39 is 4.92 Å². The fourth-order valence-electron chi connectivity index (χ4n) is 1.74. The summed E-state index contributed by atoms with van der Waals surface area (Å²) in [5.41, 5.74) is 0.440. The number of hydrogen-bond donors (Lipinski definition) is 1. The van der Waals surface area contributed by atoms with Crippen molar-refractivity contribution in [3.05, 3.63) is 34.1 Å². The maximum Gasteiger partial charge on any atom is 0.270 e. The van der Waals surface area contributed by atoms with E-state index in [-0.39, 0.29) is 11.4 Å². The number of rotatable bonds is 4. The maximum atomic E-state index is 10.6. The first-order valence-corrected chi connectivity index (χ1v) is 5.52. The number of aryl methyl sites for hydroxylation is 1. The predicted octanol–water partition coefficient (Wildman–Crippen LogP) is 3.39. The van der Waals surface area contributed by atoms with E-state index in [1.54, 1.807) is 0 Å². The molecule has 5 nitrogen and oxygen atoms in total. The number of non-ortho nitro benzene ring substituents is 1. The number of unbranched alkanes of at least 4 members (excludes halogenated alkanes) is 1. The minimum Gasteiger partial charge on any atom is -0.504 e. The third-order valence-electron chi connectivity index (χ3n) is 2.68. The van der Waals surface area contributed by atoms with Crippen LogP contribution in [0.15, 0.2) is 22.6 Å². The fourth-order valence-corrected chi connectivity index (χ4v) is 1.74. The third-order valence-corrected chi connectivity index (χ3v) is 2.68. The van der Waals surface area contributed by atoms with Crippen LogP contribution < -0.4 is 0 Å². The quantitative estimate of drug-likeness (QED) is 0.650. The van der Waals surface area contributed by atoms with Gasteiger partial charge in [-0.3, -0.25) is 10.1 Å². The van der Waals surface area contributed by atoms with Gasteiger partial charge in [0.05, 0.1) is 10.3 Å². The molecule has 1 aromatic heterocycles. The zero-order valence-corrected chi connectivity index (χ0v) is 9.47. The van der Waals surface area contributed by atoms with E-state index in [0.717, 1.165) is 12.8 Å². The zero-order chi connectivity index (χ0) is 12.4. The van der Waals surface area contributed by atoms with Gasteiger partial charge < -0.3 is 9.52 Å². The molecule has 1 aromatic carbocycles. The molecule has 90 valence electrons. The average Bonchev–Trinajstić information content (AvgIpc) is 2.63. The summed E-state index contributed by atoms with van der Waals surface area (Å²) < 4.78 is 5.46. The highest BCUT2D eigenvalue weighted by Gasteiger charge is 2.16. The van der Waals surface area contributed by atoms with Gasteiger partial charge in [-0.2, -0.15) is 0 Å². The van der Waals surface area contributed by atoms with Crippen LogP contribution in [-0.4, -0.2) is 10.0 Å². The summed E-state index contributed by atoms with van der Waals surface area (Å²) in [6, 6.07) is 4.22. The first-order chi connectivity index (χ1) is 8.13. The lowest BCUT2D eigenvalue weighted by Gasteiger charge is -1.94. The van der Waals surface area contributed by atoms with Crippen LogP contribution in [0.2, 0.25) is 0 Å². The van der Waals surface area contributed by atoms with E-state index >= 15 is 0 Å². The van der Waals surface area contributed by atoms with Gasteiger partial charge >= 0.3 is 0 Å². The summed E-state index contributed by atoms with van der Waals surface area (Å²) in [5.74, 6) is 0.527. The van der Waals surface area contributed by atoms with Crippen molar-refractivity contribution in [2.24, 2.45) is 0 Å². The molecule has 0 aliphatic rings. The molecule has 0 saturated heterocycles. The number of benzene rings is 1.